The van der Waals surface area contributed by atoms with Crippen LogP contribution < -0.4 is 5.32 Å². The Kier molecular flexibility index (Phi) is 3.85. The number of rotatable bonds is 2. The number of carbonyl (C=O) groups excluding carboxylic acids is 1. The number of allylic oxidation sites excluding steroid dienone is 1. The Balaban J connectivity index is 2.13. The lowest BCUT2D eigenvalue weighted by Crippen LogP contribution is -2.10. The van der Waals surface area contributed by atoms with Gasteiger partial charge in [0.05, 0.1) is 0 Å². The first kappa shape index (κ1) is 12.2. The predicted molar refractivity (Wildman–Crippen MR) is 71.4 cm³/mol. The van der Waals surface area contributed by atoms with E-state index in [0.29, 0.717) is 11.4 Å². The average molecular weight is 250 g/mol. The lowest BCUT2D eigenvalue weighted by molar-refractivity contribution is -0.116. The van der Waals surface area contributed by atoms with Crippen LogP contribution in [0.25, 0.3) is 0 Å². The molecule has 0 saturated heterocycles. The Morgan fingerprint density at radius 1 is 1.29 bits per heavy atom. The molecule has 1 aliphatic carbocycles. The van der Waals surface area contributed by atoms with E-state index in [1.54, 1.807) is 0 Å². The minimum Gasteiger partial charge on any atom is -0.361 e. The smallest absolute Gasteiger partial charge is 0.160 e. The minimum absolute atomic E-state index is 0.267. The molecule has 0 aliphatic heterocycles. The van der Waals surface area contributed by atoms with Gasteiger partial charge >= 0.3 is 0 Å². The van der Waals surface area contributed by atoms with Crippen molar-refractivity contribution >= 4 is 23.1 Å². The summed E-state index contributed by atoms with van der Waals surface area (Å²) in [5, 5.41) is 3.89. The Labute approximate surface area is 107 Å². The van der Waals surface area contributed by atoms with Crippen molar-refractivity contribution in [1.82, 2.24) is 0 Å². The van der Waals surface area contributed by atoms with E-state index in [0.717, 1.165) is 36.1 Å². The summed E-state index contributed by atoms with van der Waals surface area (Å²) in [5.74, 6) is 0.267. The topological polar surface area (TPSA) is 29.1 Å². The van der Waals surface area contributed by atoms with Gasteiger partial charge < -0.3 is 5.32 Å². The van der Waals surface area contributed by atoms with Crippen LogP contribution in [-0.4, -0.2) is 5.78 Å². The lowest BCUT2D eigenvalue weighted by Gasteiger charge is -2.13. The Hall–Kier alpha value is -1.28. The van der Waals surface area contributed by atoms with Crippen LogP contribution in [0.4, 0.5) is 5.69 Å². The second-order valence-electron chi connectivity index (χ2n) is 4.40. The fraction of sp³-hybridized carbons (Fsp3) is 0.357. The van der Waals surface area contributed by atoms with E-state index in [1.807, 2.05) is 31.3 Å². The van der Waals surface area contributed by atoms with Crippen LogP contribution in [0.5, 0.6) is 0 Å². The zero-order chi connectivity index (χ0) is 12.3. The number of hydrogen-bond donors (Lipinski definition) is 1. The number of hydrogen-bond acceptors (Lipinski definition) is 2. The van der Waals surface area contributed by atoms with Gasteiger partial charge in [-0.05, 0) is 43.9 Å². The molecule has 1 saturated carbocycles. The first-order valence-electron chi connectivity index (χ1n) is 5.92. The van der Waals surface area contributed by atoms with Crippen molar-refractivity contribution in [3.8, 4) is 0 Å². The third kappa shape index (κ3) is 3.10. The molecule has 1 aromatic carbocycles. The highest BCUT2D eigenvalue weighted by Crippen LogP contribution is 2.23. The standard InChI is InChI=1S/C14H16ClNO/c1-10-6-7-12(15)8-13(10)16-9-11-4-2-3-5-14(11)17/h6-9,16H,2-5H2,1H3/b11-9-. The van der Waals surface area contributed by atoms with E-state index < -0.39 is 0 Å². The van der Waals surface area contributed by atoms with Crippen LogP contribution in [0.3, 0.4) is 0 Å². The van der Waals surface area contributed by atoms with Crippen LogP contribution >= 0.6 is 11.6 Å². The van der Waals surface area contributed by atoms with Gasteiger partial charge in [0.25, 0.3) is 0 Å². The highest BCUT2D eigenvalue weighted by molar-refractivity contribution is 6.30. The minimum atomic E-state index is 0.267. The second kappa shape index (κ2) is 5.37. The molecule has 1 aromatic rings. The lowest BCUT2D eigenvalue weighted by atomic mass is 9.94. The van der Waals surface area contributed by atoms with Crippen molar-refractivity contribution in [2.24, 2.45) is 0 Å². The Morgan fingerprint density at radius 2 is 2.06 bits per heavy atom. The molecule has 0 heterocycles. The van der Waals surface area contributed by atoms with Crippen LogP contribution in [0.15, 0.2) is 30.0 Å². The molecule has 1 fully saturated rings. The van der Waals surface area contributed by atoms with E-state index in [1.165, 1.54) is 0 Å². The fourth-order valence-electron chi connectivity index (χ4n) is 1.97. The van der Waals surface area contributed by atoms with E-state index in [9.17, 15) is 4.79 Å². The quantitative estimate of drug-likeness (QED) is 0.800. The van der Waals surface area contributed by atoms with Gasteiger partial charge in [0.15, 0.2) is 5.78 Å². The molecule has 0 radical (unpaired) electrons. The van der Waals surface area contributed by atoms with Gasteiger partial charge in [0.2, 0.25) is 0 Å². The first-order chi connectivity index (χ1) is 8.16. The van der Waals surface area contributed by atoms with Crippen LogP contribution in [0, 0.1) is 6.92 Å². The number of benzene rings is 1. The summed E-state index contributed by atoms with van der Waals surface area (Å²) in [6.45, 7) is 2.01. The zero-order valence-electron chi connectivity index (χ0n) is 9.92. The van der Waals surface area contributed by atoms with Crippen LogP contribution in [0.2, 0.25) is 5.02 Å². The molecule has 0 atom stereocenters. The number of ketones is 1. The summed E-state index contributed by atoms with van der Waals surface area (Å²) >= 11 is 5.94. The van der Waals surface area contributed by atoms with Crippen molar-refractivity contribution in [3.05, 3.63) is 40.6 Å². The normalized spacial score (nSPS) is 18.5. The monoisotopic (exact) mass is 249 g/mol. The number of aryl methyl sites for hydroxylation is 1. The van der Waals surface area contributed by atoms with Gasteiger partial charge in [0, 0.05) is 28.9 Å². The van der Waals surface area contributed by atoms with E-state index in [-0.39, 0.29) is 5.78 Å². The summed E-state index contributed by atoms with van der Waals surface area (Å²) < 4.78 is 0. The second-order valence-corrected chi connectivity index (χ2v) is 4.84. The maximum Gasteiger partial charge on any atom is 0.160 e. The summed E-state index contributed by atoms with van der Waals surface area (Å²) in [5.41, 5.74) is 2.98. The number of halogens is 1. The van der Waals surface area contributed by atoms with Crippen molar-refractivity contribution in [2.75, 3.05) is 5.32 Å². The van der Waals surface area contributed by atoms with Gasteiger partial charge in [0.1, 0.15) is 0 Å². The molecule has 0 aromatic heterocycles. The van der Waals surface area contributed by atoms with Gasteiger partial charge in [-0.1, -0.05) is 17.7 Å². The maximum absolute atomic E-state index is 11.6. The molecular formula is C14H16ClNO. The first-order valence-corrected chi connectivity index (χ1v) is 6.29. The molecule has 0 spiro atoms. The van der Waals surface area contributed by atoms with Crippen molar-refractivity contribution in [1.29, 1.82) is 0 Å². The van der Waals surface area contributed by atoms with Crippen LogP contribution in [0.1, 0.15) is 31.2 Å². The van der Waals surface area contributed by atoms with E-state index in [2.05, 4.69) is 5.32 Å². The summed E-state index contributed by atoms with van der Waals surface area (Å²) in [6.07, 6.45) is 5.52. The molecule has 17 heavy (non-hydrogen) atoms. The fourth-order valence-corrected chi connectivity index (χ4v) is 2.14. The number of anilines is 1. The predicted octanol–water partition coefficient (Wildman–Crippen LogP) is 4.09. The molecular weight excluding hydrogens is 234 g/mol. The molecule has 3 heteroatoms. The summed E-state index contributed by atoms with van der Waals surface area (Å²) in [4.78, 5) is 11.6. The van der Waals surface area contributed by atoms with Gasteiger partial charge in [-0.3, -0.25) is 4.79 Å². The zero-order valence-corrected chi connectivity index (χ0v) is 10.7. The van der Waals surface area contributed by atoms with Crippen molar-refractivity contribution in [3.63, 3.8) is 0 Å². The van der Waals surface area contributed by atoms with Gasteiger partial charge in [-0.25, -0.2) is 0 Å². The van der Waals surface area contributed by atoms with Crippen LogP contribution in [-0.2, 0) is 4.79 Å². The van der Waals surface area contributed by atoms with E-state index in [4.69, 9.17) is 11.6 Å². The largest absolute Gasteiger partial charge is 0.361 e. The molecule has 0 amide bonds. The molecule has 1 aliphatic rings. The molecule has 1 N–H and O–H groups in total. The average Bonchev–Trinajstić information content (AvgIpc) is 2.32. The SMILES string of the molecule is Cc1ccc(Cl)cc1N/C=C1/CCCCC1=O. The van der Waals surface area contributed by atoms with Crippen molar-refractivity contribution < 1.29 is 4.79 Å². The summed E-state index contributed by atoms with van der Waals surface area (Å²) in [7, 11) is 0. The number of Topliss-reactive ketones (excluding diaryl/α,β-unsaturated/α-hetero) is 1. The third-order valence-corrected chi connectivity index (χ3v) is 3.29. The van der Waals surface area contributed by atoms with Gasteiger partial charge in [-0.2, -0.15) is 0 Å². The van der Waals surface area contributed by atoms with E-state index >= 15 is 0 Å². The summed E-state index contributed by atoms with van der Waals surface area (Å²) in [6, 6.07) is 5.70. The molecule has 0 unspecified atom stereocenters. The van der Waals surface area contributed by atoms with Crippen molar-refractivity contribution in [2.45, 2.75) is 32.6 Å². The number of nitrogens with one attached hydrogen (secondary N) is 1. The Bertz CT molecular complexity index is 465. The Morgan fingerprint density at radius 3 is 2.82 bits per heavy atom. The highest BCUT2D eigenvalue weighted by atomic mass is 35.5. The molecule has 2 rings (SSSR count). The third-order valence-electron chi connectivity index (χ3n) is 3.06. The number of carbonyl (C=O) groups is 1. The molecule has 90 valence electrons. The molecule has 2 nitrogen and oxygen atoms in total. The highest BCUT2D eigenvalue weighted by Gasteiger charge is 2.14. The molecule has 0 bridgehead atoms. The van der Waals surface area contributed by atoms with Gasteiger partial charge in [-0.15, -0.1) is 0 Å². The maximum atomic E-state index is 11.6.